The average Bonchev–Trinajstić information content (AvgIpc) is 2.54. The van der Waals surface area contributed by atoms with Crippen LogP contribution in [0.5, 0.6) is 0 Å². The maximum Gasteiger partial charge on any atom is 0.307 e. The third-order valence-corrected chi connectivity index (χ3v) is 2.75. The molecule has 0 spiro atoms. The molecule has 0 aromatic heterocycles. The standard InChI is InChI=1S/C10H14O3/c1-10(2)7(5-3-4-6-11)8(10)9(12)13/h3,5-8H,4H2,1-2H3,(H,12,13). The lowest BCUT2D eigenvalue weighted by atomic mass is 10.1. The molecule has 0 amide bonds. The maximum atomic E-state index is 10.7. The van der Waals surface area contributed by atoms with Gasteiger partial charge in [0.15, 0.2) is 0 Å². The van der Waals surface area contributed by atoms with Crippen LogP contribution >= 0.6 is 0 Å². The number of carbonyl (C=O) groups excluding carboxylic acids is 1. The molecule has 1 aliphatic rings. The first-order chi connectivity index (χ1) is 6.01. The summed E-state index contributed by atoms with van der Waals surface area (Å²) in [5.41, 5.74) is -0.148. The highest BCUT2D eigenvalue weighted by Crippen LogP contribution is 2.58. The maximum absolute atomic E-state index is 10.7. The summed E-state index contributed by atoms with van der Waals surface area (Å²) in [7, 11) is 0. The fraction of sp³-hybridized carbons (Fsp3) is 0.600. The monoisotopic (exact) mass is 182 g/mol. The number of hydrogen-bond donors (Lipinski definition) is 1. The summed E-state index contributed by atoms with van der Waals surface area (Å²) in [6.07, 6.45) is 4.76. The Morgan fingerprint density at radius 1 is 1.54 bits per heavy atom. The number of allylic oxidation sites excluding steroid dienone is 2. The molecule has 0 aromatic carbocycles. The number of carboxylic acid groups (broad SMARTS) is 1. The number of aliphatic carboxylic acids is 1. The van der Waals surface area contributed by atoms with Crippen LogP contribution in [0.3, 0.4) is 0 Å². The molecular formula is C10H14O3. The summed E-state index contributed by atoms with van der Waals surface area (Å²) in [6, 6.07) is 0. The van der Waals surface area contributed by atoms with E-state index in [0.717, 1.165) is 6.29 Å². The van der Waals surface area contributed by atoms with Crippen LogP contribution in [0.4, 0.5) is 0 Å². The van der Waals surface area contributed by atoms with E-state index in [4.69, 9.17) is 5.11 Å². The minimum absolute atomic E-state index is 0.0879. The zero-order chi connectivity index (χ0) is 10.1. The van der Waals surface area contributed by atoms with Gasteiger partial charge in [-0.2, -0.15) is 0 Å². The van der Waals surface area contributed by atoms with Gasteiger partial charge >= 0.3 is 5.97 Å². The minimum atomic E-state index is -0.745. The van der Waals surface area contributed by atoms with Crippen molar-refractivity contribution in [3.63, 3.8) is 0 Å². The molecule has 0 bridgehead atoms. The molecule has 2 unspecified atom stereocenters. The summed E-state index contributed by atoms with van der Waals surface area (Å²) >= 11 is 0. The van der Waals surface area contributed by atoms with E-state index in [1.54, 1.807) is 6.08 Å². The lowest BCUT2D eigenvalue weighted by Gasteiger charge is -1.95. The molecule has 0 aromatic rings. The molecular weight excluding hydrogens is 168 g/mol. The minimum Gasteiger partial charge on any atom is -0.481 e. The number of rotatable bonds is 4. The van der Waals surface area contributed by atoms with E-state index in [0.29, 0.717) is 6.42 Å². The van der Waals surface area contributed by atoms with Crippen LogP contribution in [-0.2, 0) is 9.59 Å². The average molecular weight is 182 g/mol. The Bertz CT molecular complexity index is 253. The molecule has 13 heavy (non-hydrogen) atoms. The van der Waals surface area contributed by atoms with Crippen LogP contribution in [0.2, 0.25) is 0 Å². The van der Waals surface area contributed by atoms with Crippen LogP contribution in [0.1, 0.15) is 20.3 Å². The number of carbonyl (C=O) groups is 2. The molecule has 1 N–H and O–H groups in total. The van der Waals surface area contributed by atoms with Gasteiger partial charge in [-0.25, -0.2) is 0 Å². The number of carboxylic acids is 1. The summed E-state index contributed by atoms with van der Waals surface area (Å²) in [6.45, 7) is 3.86. The molecule has 0 saturated heterocycles. The Labute approximate surface area is 77.4 Å². The van der Waals surface area contributed by atoms with Crippen molar-refractivity contribution in [2.75, 3.05) is 0 Å². The molecule has 3 nitrogen and oxygen atoms in total. The first kappa shape index (κ1) is 9.96. The highest BCUT2D eigenvalue weighted by atomic mass is 16.4. The summed E-state index contributed by atoms with van der Waals surface area (Å²) in [4.78, 5) is 20.7. The van der Waals surface area contributed by atoms with Gasteiger partial charge in [0.25, 0.3) is 0 Å². The predicted molar refractivity (Wildman–Crippen MR) is 48.2 cm³/mol. The van der Waals surface area contributed by atoms with Gasteiger partial charge in [0.2, 0.25) is 0 Å². The molecule has 3 heteroatoms. The Morgan fingerprint density at radius 2 is 2.15 bits per heavy atom. The second-order valence-corrected chi connectivity index (χ2v) is 3.99. The van der Waals surface area contributed by atoms with E-state index in [2.05, 4.69) is 0 Å². The third-order valence-electron chi connectivity index (χ3n) is 2.75. The Hall–Kier alpha value is -1.12. The van der Waals surface area contributed by atoms with E-state index in [9.17, 15) is 9.59 Å². The Morgan fingerprint density at radius 3 is 2.54 bits per heavy atom. The van der Waals surface area contributed by atoms with Crippen molar-refractivity contribution in [3.05, 3.63) is 12.2 Å². The van der Waals surface area contributed by atoms with E-state index in [-0.39, 0.29) is 17.3 Å². The number of aldehydes is 1. The SMILES string of the molecule is CC1(C)C(C=CCC=O)C1C(=O)O. The molecule has 1 saturated carbocycles. The fourth-order valence-corrected chi connectivity index (χ4v) is 1.79. The van der Waals surface area contributed by atoms with E-state index < -0.39 is 5.97 Å². The van der Waals surface area contributed by atoms with Gasteiger partial charge in [-0.3, -0.25) is 4.79 Å². The van der Waals surface area contributed by atoms with Crippen molar-refractivity contribution in [3.8, 4) is 0 Å². The lowest BCUT2D eigenvalue weighted by Crippen LogP contribution is -2.02. The molecule has 1 fully saturated rings. The van der Waals surface area contributed by atoms with Crippen molar-refractivity contribution in [2.24, 2.45) is 17.3 Å². The second-order valence-electron chi connectivity index (χ2n) is 3.99. The predicted octanol–water partition coefficient (Wildman–Crippen LogP) is 1.49. The normalized spacial score (nSPS) is 30.3. The first-order valence-electron chi connectivity index (χ1n) is 4.35. The topological polar surface area (TPSA) is 54.4 Å². The van der Waals surface area contributed by atoms with Crippen LogP contribution < -0.4 is 0 Å². The van der Waals surface area contributed by atoms with Crippen molar-refractivity contribution < 1.29 is 14.7 Å². The van der Waals surface area contributed by atoms with E-state index >= 15 is 0 Å². The lowest BCUT2D eigenvalue weighted by molar-refractivity contribution is -0.139. The van der Waals surface area contributed by atoms with Gasteiger partial charge in [-0.1, -0.05) is 26.0 Å². The van der Waals surface area contributed by atoms with E-state index in [1.807, 2.05) is 19.9 Å². The van der Waals surface area contributed by atoms with Gasteiger partial charge < -0.3 is 9.90 Å². The van der Waals surface area contributed by atoms with Crippen LogP contribution in [0, 0.1) is 17.3 Å². The van der Waals surface area contributed by atoms with Crippen LogP contribution in [-0.4, -0.2) is 17.4 Å². The zero-order valence-electron chi connectivity index (χ0n) is 7.86. The Kier molecular flexibility index (Phi) is 2.55. The highest BCUT2D eigenvalue weighted by Gasteiger charge is 2.60. The van der Waals surface area contributed by atoms with Gasteiger partial charge in [0, 0.05) is 6.42 Å². The molecule has 1 aliphatic carbocycles. The quantitative estimate of drug-likeness (QED) is 0.529. The van der Waals surface area contributed by atoms with Gasteiger partial charge in [0.1, 0.15) is 6.29 Å². The van der Waals surface area contributed by atoms with Gasteiger partial charge in [-0.05, 0) is 11.3 Å². The van der Waals surface area contributed by atoms with Crippen LogP contribution in [0.15, 0.2) is 12.2 Å². The smallest absolute Gasteiger partial charge is 0.307 e. The first-order valence-corrected chi connectivity index (χ1v) is 4.35. The zero-order valence-corrected chi connectivity index (χ0v) is 7.86. The molecule has 0 heterocycles. The molecule has 2 atom stereocenters. The summed E-state index contributed by atoms with van der Waals surface area (Å²) < 4.78 is 0. The Balaban J connectivity index is 2.55. The largest absolute Gasteiger partial charge is 0.481 e. The highest BCUT2D eigenvalue weighted by molar-refractivity contribution is 5.76. The van der Waals surface area contributed by atoms with Crippen molar-refractivity contribution >= 4 is 12.3 Å². The van der Waals surface area contributed by atoms with E-state index in [1.165, 1.54) is 0 Å². The fourth-order valence-electron chi connectivity index (χ4n) is 1.79. The molecule has 72 valence electrons. The van der Waals surface area contributed by atoms with Crippen molar-refractivity contribution in [2.45, 2.75) is 20.3 Å². The summed E-state index contributed by atoms with van der Waals surface area (Å²) in [5.74, 6) is -0.939. The van der Waals surface area contributed by atoms with Crippen molar-refractivity contribution in [1.29, 1.82) is 0 Å². The molecule has 0 aliphatic heterocycles. The molecule has 1 rings (SSSR count). The van der Waals surface area contributed by atoms with Crippen molar-refractivity contribution in [1.82, 2.24) is 0 Å². The summed E-state index contributed by atoms with van der Waals surface area (Å²) in [5, 5.41) is 8.81. The number of hydrogen-bond acceptors (Lipinski definition) is 2. The van der Waals surface area contributed by atoms with Crippen LogP contribution in [0.25, 0.3) is 0 Å². The third kappa shape index (κ3) is 1.79. The molecule has 0 radical (unpaired) electrons. The van der Waals surface area contributed by atoms with Gasteiger partial charge in [-0.15, -0.1) is 0 Å². The second kappa shape index (κ2) is 3.32. The van der Waals surface area contributed by atoms with Gasteiger partial charge in [0.05, 0.1) is 5.92 Å².